The number of hydrogen-bond donors (Lipinski definition) is 2. The molecule has 2 N–H and O–H groups in total. The molecule has 132 valence electrons. The predicted molar refractivity (Wildman–Crippen MR) is 84.6 cm³/mol. The molecule has 0 aromatic heterocycles. The summed E-state index contributed by atoms with van der Waals surface area (Å²) in [6, 6.07) is 0.204. The first kappa shape index (κ1) is 19.8. The van der Waals surface area contributed by atoms with Crippen molar-refractivity contribution in [2.75, 3.05) is 13.2 Å². The summed E-state index contributed by atoms with van der Waals surface area (Å²) in [4.78, 5) is 16.1. The summed E-state index contributed by atoms with van der Waals surface area (Å²) in [5.41, 5.74) is -0.195. The number of carbonyl (C=O) groups is 1. The molecule has 1 aliphatic heterocycles. The minimum atomic E-state index is -0.239. The summed E-state index contributed by atoms with van der Waals surface area (Å²) in [7, 11) is 4.58. The number of nitrogens with zero attached hydrogens (tertiary/aromatic N) is 2. The van der Waals surface area contributed by atoms with Gasteiger partial charge in [-0.3, -0.25) is 4.79 Å². The van der Waals surface area contributed by atoms with E-state index in [1.54, 1.807) is 20.0 Å². The molecule has 1 saturated carbocycles. The van der Waals surface area contributed by atoms with Gasteiger partial charge in [0, 0.05) is 17.9 Å². The van der Waals surface area contributed by atoms with Gasteiger partial charge >= 0.3 is 29.2 Å². The molecule has 1 amide bonds. The SMILES string of the molecule is CC(C)(C)NC(=O)CN1C=CN(C2CCCCC2O)C1.[Cl][Au]. The van der Waals surface area contributed by atoms with Crippen molar-refractivity contribution in [3.63, 3.8) is 0 Å². The molecule has 1 heterocycles. The fraction of sp³-hybridized carbons (Fsp3) is 0.800. The van der Waals surface area contributed by atoms with E-state index in [-0.39, 0.29) is 23.6 Å². The van der Waals surface area contributed by atoms with E-state index in [1.165, 1.54) is 6.42 Å². The van der Waals surface area contributed by atoms with E-state index in [2.05, 4.69) is 19.4 Å². The molecule has 0 spiro atoms. The monoisotopic (exact) mass is 513 g/mol. The van der Waals surface area contributed by atoms with Crippen molar-refractivity contribution in [3.05, 3.63) is 12.4 Å². The van der Waals surface area contributed by atoms with Gasteiger partial charge in [-0.15, -0.1) is 0 Å². The third kappa shape index (κ3) is 6.50. The summed E-state index contributed by atoms with van der Waals surface area (Å²) < 4.78 is 0. The molecule has 0 saturated heterocycles. The van der Waals surface area contributed by atoms with E-state index in [0.717, 1.165) is 19.3 Å². The molecule has 0 aromatic carbocycles. The molecule has 0 radical (unpaired) electrons. The number of halogens is 1. The maximum atomic E-state index is 11.9. The van der Waals surface area contributed by atoms with Crippen molar-refractivity contribution < 1.29 is 29.9 Å². The Morgan fingerprint density at radius 2 is 1.95 bits per heavy atom. The second kappa shape index (κ2) is 9.18. The molecule has 0 aromatic rings. The van der Waals surface area contributed by atoms with Gasteiger partial charge in [-0.25, -0.2) is 0 Å². The van der Waals surface area contributed by atoms with Gasteiger partial charge < -0.3 is 20.2 Å². The first-order valence-electron chi connectivity index (χ1n) is 7.64. The van der Waals surface area contributed by atoms with Crippen LogP contribution in [0.1, 0.15) is 46.5 Å². The third-order valence-corrected chi connectivity index (χ3v) is 3.79. The van der Waals surface area contributed by atoms with Crippen LogP contribution in [0.15, 0.2) is 12.4 Å². The number of nitrogens with one attached hydrogen (secondary N) is 1. The number of rotatable bonds is 3. The normalized spacial score (nSPS) is 24.9. The zero-order valence-corrected chi connectivity index (χ0v) is 16.4. The van der Waals surface area contributed by atoms with Crippen LogP contribution in [0, 0.1) is 0 Å². The van der Waals surface area contributed by atoms with E-state index in [4.69, 9.17) is 0 Å². The van der Waals surface area contributed by atoms with Crippen molar-refractivity contribution in [3.8, 4) is 0 Å². The van der Waals surface area contributed by atoms with Gasteiger partial charge in [0.15, 0.2) is 0 Å². The van der Waals surface area contributed by atoms with Crippen molar-refractivity contribution in [2.24, 2.45) is 0 Å². The Bertz CT molecular complexity index is 387. The molecule has 2 atom stereocenters. The van der Waals surface area contributed by atoms with E-state index < -0.39 is 0 Å². The molecule has 1 aliphatic carbocycles. The molecule has 0 bridgehead atoms. The van der Waals surface area contributed by atoms with Crippen LogP contribution in [-0.2, 0) is 24.8 Å². The zero-order chi connectivity index (χ0) is 16.8. The van der Waals surface area contributed by atoms with Crippen molar-refractivity contribution in [1.82, 2.24) is 15.1 Å². The first-order chi connectivity index (χ1) is 10.3. The Morgan fingerprint density at radius 1 is 1.32 bits per heavy atom. The van der Waals surface area contributed by atoms with Crippen LogP contribution in [-0.4, -0.2) is 51.7 Å². The van der Waals surface area contributed by atoms with Gasteiger partial charge in [-0.2, -0.15) is 0 Å². The zero-order valence-electron chi connectivity index (χ0n) is 13.5. The number of carbonyl (C=O) groups excluding carboxylic acids is 1. The van der Waals surface area contributed by atoms with Crippen LogP contribution in [0.3, 0.4) is 0 Å². The number of amides is 1. The molecule has 2 rings (SSSR count). The van der Waals surface area contributed by atoms with Gasteiger partial charge in [0.2, 0.25) is 5.91 Å². The molecule has 2 aliphatic rings. The molecular weight excluding hydrogens is 487 g/mol. The Morgan fingerprint density at radius 3 is 2.55 bits per heavy atom. The molecular formula is C15H27AuClN3O2. The topological polar surface area (TPSA) is 55.8 Å². The fourth-order valence-corrected chi connectivity index (χ4v) is 2.92. The van der Waals surface area contributed by atoms with Gasteiger partial charge in [-0.05, 0) is 33.6 Å². The van der Waals surface area contributed by atoms with E-state index >= 15 is 0 Å². The van der Waals surface area contributed by atoms with Gasteiger partial charge in [0.05, 0.1) is 25.4 Å². The third-order valence-electron chi connectivity index (χ3n) is 3.79. The van der Waals surface area contributed by atoms with Gasteiger partial charge in [0.1, 0.15) is 0 Å². The number of hydrogen-bond acceptors (Lipinski definition) is 4. The molecule has 1 fully saturated rings. The summed E-state index contributed by atoms with van der Waals surface area (Å²) in [6.07, 6.45) is 7.93. The summed E-state index contributed by atoms with van der Waals surface area (Å²) >= 11 is 1.75. The predicted octanol–water partition coefficient (Wildman–Crippen LogP) is 1.94. The van der Waals surface area contributed by atoms with Crippen LogP contribution in [0.2, 0.25) is 0 Å². The standard InChI is InChI=1S/C15H27N3O2.Au.ClH/c1-15(2,3)16-14(20)10-17-8-9-18(11-17)12-6-4-5-7-13(12)19;;/h8-9,12-13,19H,4-7,10-11H2,1-3H3,(H,16,20);;1H/q;+1;/p-1. The van der Waals surface area contributed by atoms with Gasteiger partial charge in [-0.1, -0.05) is 12.8 Å². The first-order valence-corrected chi connectivity index (χ1v) is 10.3. The average molecular weight is 514 g/mol. The van der Waals surface area contributed by atoms with Crippen molar-refractivity contribution in [1.29, 1.82) is 0 Å². The Labute approximate surface area is 149 Å². The van der Waals surface area contributed by atoms with E-state index in [1.807, 2.05) is 38.1 Å². The summed E-state index contributed by atoms with van der Waals surface area (Å²) in [5, 5.41) is 13.0. The number of aliphatic hydroxyl groups is 1. The van der Waals surface area contributed by atoms with Crippen molar-refractivity contribution >= 4 is 15.1 Å². The molecule has 5 nitrogen and oxygen atoms in total. The Hall–Kier alpha value is -0.200. The Kier molecular flexibility index (Phi) is 8.28. The second-order valence-electron chi connectivity index (χ2n) is 6.92. The van der Waals surface area contributed by atoms with Gasteiger partial charge in [0.25, 0.3) is 0 Å². The quantitative estimate of drug-likeness (QED) is 0.567. The summed E-state index contributed by atoms with van der Waals surface area (Å²) in [5.74, 6) is 0.0354. The van der Waals surface area contributed by atoms with Crippen LogP contribution in [0.25, 0.3) is 0 Å². The van der Waals surface area contributed by atoms with Crippen molar-refractivity contribution in [2.45, 2.75) is 64.1 Å². The average Bonchev–Trinajstić information content (AvgIpc) is 2.87. The van der Waals surface area contributed by atoms with E-state index in [9.17, 15) is 9.90 Å². The van der Waals surface area contributed by atoms with E-state index in [0.29, 0.717) is 13.2 Å². The molecule has 2 unspecified atom stereocenters. The number of aliphatic hydroxyl groups excluding tert-OH is 1. The van der Waals surface area contributed by atoms with Crippen LogP contribution < -0.4 is 5.32 Å². The fourth-order valence-electron chi connectivity index (χ4n) is 2.92. The second-order valence-corrected chi connectivity index (χ2v) is 6.92. The Balaban J connectivity index is 0.00000116. The van der Waals surface area contributed by atoms with Crippen LogP contribution >= 0.6 is 9.19 Å². The minimum absolute atomic E-state index is 0.0354. The molecule has 7 heteroatoms. The summed E-state index contributed by atoms with van der Waals surface area (Å²) in [6.45, 7) is 7.01. The molecule has 22 heavy (non-hydrogen) atoms. The van der Waals surface area contributed by atoms with Crippen LogP contribution in [0.4, 0.5) is 0 Å². The van der Waals surface area contributed by atoms with Crippen LogP contribution in [0.5, 0.6) is 0 Å². The maximum absolute atomic E-state index is 11.9.